The van der Waals surface area contributed by atoms with Gasteiger partial charge in [0.1, 0.15) is 11.3 Å². The van der Waals surface area contributed by atoms with Crippen molar-refractivity contribution in [3.63, 3.8) is 0 Å². The minimum absolute atomic E-state index is 0.0828. The summed E-state index contributed by atoms with van der Waals surface area (Å²) in [5.74, 6) is 0.288. The lowest BCUT2D eigenvalue weighted by Crippen LogP contribution is -2.29. The van der Waals surface area contributed by atoms with E-state index in [0.717, 1.165) is 27.1 Å². The lowest BCUT2D eigenvalue weighted by Gasteiger charge is -2.08. The summed E-state index contributed by atoms with van der Waals surface area (Å²) < 4.78 is 7.95. The molecule has 0 spiro atoms. The summed E-state index contributed by atoms with van der Waals surface area (Å²) in [6.45, 7) is 4.92. The van der Waals surface area contributed by atoms with Crippen molar-refractivity contribution in [1.82, 2.24) is 9.55 Å². The highest BCUT2D eigenvalue weighted by atomic mass is 32.1. The fraction of sp³-hybridized carbons (Fsp3) is 0.174. The summed E-state index contributed by atoms with van der Waals surface area (Å²) in [6.07, 6.45) is 1.69. The maximum absolute atomic E-state index is 12.8. The van der Waals surface area contributed by atoms with Gasteiger partial charge in [0.05, 0.1) is 23.4 Å². The van der Waals surface area contributed by atoms with Crippen molar-refractivity contribution >= 4 is 32.6 Å². The monoisotopic (exact) mass is 419 g/mol. The molecule has 7 heteroatoms. The van der Waals surface area contributed by atoms with E-state index in [-0.39, 0.29) is 11.1 Å². The number of carbonyl (C=O) groups is 1. The Labute approximate surface area is 177 Å². The highest BCUT2D eigenvalue weighted by Gasteiger charge is 2.15. The van der Waals surface area contributed by atoms with Gasteiger partial charge in [0.25, 0.3) is 11.5 Å². The van der Waals surface area contributed by atoms with E-state index in [4.69, 9.17) is 4.74 Å². The van der Waals surface area contributed by atoms with Crippen molar-refractivity contribution in [2.45, 2.75) is 20.4 Å². The zero-order valence-corrected chi connectivity index (χ0v) is 17.5. The number of carbonyl (C=O) groups excluding carboxylic acids is 1. The van der Waals surface area contributed by atoms with Crippen LogP contribution in [0.5, 0.6) is 5.75 Å². The highest BCUT2D eigenvalue weighted by molar-refractivity contribution is 7.22. The van der Waals surface area contributed by atoms with Gasteiger partial charge in [-0.15, -0.1) is 0 Å². The third-order valence-electron chi connectivity index (χ3n) is 4.59. The molecule has 0 bridgehead atoms. The Morgan fingerprint density at radius 3 is 2.83 bits per heavy atom. The SMILES string of the molecule is CCOc1ccc2nc(NC(=O)c3cccn(Cc4cccc(C)c4)c3=O)sc2c1. The van der Waals surface area contributed by atoms with E-state index in [1.165, 1.54) is 22.0 Å². The molecule has 0 fully saturated rings. The van der Waals surface area contributed by atoms with Crippen LogP contribution >= 0.6 is 11.3 Å². The molecule has 0 aliphatic carbocycles. The van der Waals surface area contributed by atoms with Crippen molar-refractivity contribution in [2.75, 3.05) is 11.9 Å². The van der Waals surface area contributed by atoms with Crippen LogP contribution in [0, 0.1) is 6.92 Å². The van der Waals surface area contributed by atoms with Crippen LogP contribution in [0.3, 0.4) is 0 Å². The van der Waals surface area contributed by atoms with Crippen molar-refractivity contribution in [2.24, 2.45) is 0 Å². The molecule has 0 radical (unpaired) electrons. The summed E-state index contributed by atoms with van der Waals surface area (Å²) in [5.41, 5.74) is 2.64. The van der Waals surface area contributed by atoms with E-state index in [2.05, 4.69) is 10.3 Å². The van der Waals surface area contributed by atoms with E-state index >= 15 is 0 Å². The number of amides is 1. The van der Waals surface area contributed by atoms with Crippen LogP contribution in [-0.2, 0) is 6.54 Å². The Hall–Kier alpha value is -3.45. The van der Waals surface area contributed by atoms with Crippen molar-refractivity contribution in [3.05, 3.63) is 87.8 Å². The van der Waals surface area contributed by atoms with Gasteiger partial charge in [-0.3, -0.25) is 14.9 Å². The summed E-state index contributed by atoms with van der Waals surface area (Å²) in [4.78, 5) is 30.0. The maximum Gasteiger partial charge on any atom is 0.263 e. The normalized spacial score (nSPS) is 10.9. The summed E-state index contributed by atoms with van der Waals surface area (Å²) in [6, 6.07) is 16.8. The number of pyridine rings is 1. The minimum atomic E-state index is -0.470. The predicted octanol–water partition coefficient (Wildman–Crippen LogP) is 4.47. The van der Waals surface area contributed by atoms with Crippen LogP contribution in [0.15, 0.2) is 65.6 Å². The lowest BCUT2D eigenvalue weighted by atomic mass is 10.1. The van der Waals surface area contributed by atoms with Crippen LogP contribution < -0.4 is 15.6 Å². The van der Waals surface area contributed by atoms with Gasteiger partial charge in [-0.25, -0.2) is 4.98 Å². The van der Waals surface area contributed by atoms with Crippen LogP contribution in [0.2, 0.25) is 0 Å². The first-order valence-corrected chi connectivity index (χ1v) is 10.4. The highest BCUT2D eigenvalue weighted by Crippen LogP contribution is 2.29. The second kappa shape index (κ2) is 8.51. The molecule has 4 rings (SSSR count). The number of aryl methyl sites for hydroxylation is 1. The average Bonchev–Trinajstić information content (AvgIpc) is 3.11. The quantitative estimate of drug-likeness (QED) is 0.501. The number of nitrogens with one attached hydrogen (secondary N) is 1. The Kier molecular flexibility index (Phi) is 5.63. The zero-order valence-electron chi connectivity index (χ0n) is 16.7. The van der Waals surface area contributed by atoms with Gasteiger partial charge >= 0.3 is 0 Å². The number of aromatic nitrogens is 2. The summed E-state index contributed by atoms with van der Waals surface area (Å²) in [7, 11) is 0. The van der Waals surface area contributed by atoms with E-state index < -0.39 is 5.91 Å². The molecule has 1 N–H and O–H groups in total. The molecule has 0 atom stereocenters. The van der Waals surface area contributed by atoms with Crippen LogP contribution in [0.1, 0.15) is 28.4 Å². The van der Waals surface area contributed by atoms with Crippen LogP contribution in [-0.4, -0.2) is 22.1 Å². The smallest absolute Gasteiger partial charge is 0.263 e. The number of thiazole rings is 1. The van der Waals surface area contributed by atoms with E-state index in [1.54, 1.807) is 12.3 Å². The first kappa shape index (κ1) is 19.8. The van der Waals surface area contributed by atoms with Crippen molar-refractivity contribution < 1.29 is 9.53 Å². The predicted molar refractivity (Wildman–Crippen MR) is 120 cm³/mol. The van der Waals surface area contributed by atoms with Gasteiger partial charge in [-0.2, -0.15) is 0 Å². The Balaban J connectivity index is 1.56. The average molecular weight is 420 g/mol. The summed E-state index contributed by atoms with van der Waals surface area (Å²) in [5, 5.41) is 3.20. The second-order valence-corrected chi connectivity index (χ2v) is 7.91. The van der Waals surface area contributed by atoms with E-state index in [1.807, 2.05) is 56.3 Å². The number of hydrogen-bond acceptors (Lipinski definition) is 5. The van der Waals surface area contributed by atoms with Gasteiger partial charge in [-0.05, 0) is 49.7 Å². The molecule has 6 nitrogen and oxygen atoms in total. The molecule has 0 aliphatic heterocycles. The van der Waals surface area contributed by atoms with Crippen LogP contribution in [0.25, 0.3) is 10.2 Å². The zero-order chi connectivity index (χ0) is 21.1. The van der Waals surface area contributed by atoms with Crippen molar-refractivity contribution in [1.29, 1.82) is 0 Å². The number of benzene rings is 2. The molecule has 152 valence electrons. The third kappa shape index (κ3) is 4.26. The standard InChI is InChI=1S/C23H21N3O3S/c1-3-29-17-9-10-19-20(13-17)30-23(24-19)25-21(27)18-8-5-11-26(22(18)28)14-16-7-4-6-15(2)12-16/h4-13H,3,14H2,1-2H3,(H,24,25,27). The van der Waals surface area contributed by atoms with E-state index in [9.17, 15) is 9.59 Å². The fourth-order valence-corrected chi connectivity index (χ4v) is 4.11. The minimum Gasteiger partial charge on any atom is -0.494 e. The summed E-state index contributed by atoms with van der Waals surface area (Å²) >= 11 is 1.34. The number of rotatable bonds is 6. The number of fused-ring (bicyclic) bond motifs is 1. The Bertz CT molecular complexity index is 1280. The van der Waals surface area contributed by atoms with Gasteiger partial charge in [0, 0.05) is 6.20 Å². The molecule has 30 heavy (non-hydrogen) atoms. The molecule has 2 aromatic carbocycles. The molecule has 0 unspecified atom stereocenters. The molecule has 2 heterocycles. The molecule has 1 amide bonds. The third-order valence-corrected chi connectivity index (χ3v) is 5.53. The number of anilines is 1. The molecular formula is C23H21N3O3S. The first-order chi connectivity index (χ1) is 14.5. The maximum atomic E-state index is 12.8. The fourth-order valence-electron chi connectivity index (χ4n) is 3.22. The molecule has 0 saturated heterocycles. The first-order valence-electron chi connectivity index (χ1n) is 9.63. The molecule has 4 aromatic rings. The number of hydrogen-bond donors (Lipinski definition) is 1. The Morgan fingerprint density at radius 1 is 1.17 bits per heavy atom. The van der Waals surface area contributed by atoms with Crippen LogP contribution in [0.4, 0.5) is 5.13 Å². The topological polar surface area (TPSA) is 73.2 Å². The Morgan fingerprint density at radius 2 is 2.03 bits per heavy atom. The van der Waals surface area contributed by atoms with Gasteiger partial charge < -0.3 is 9.30 Å². The number of ether oxygens (including phenoxy) is 1. The van der Waals surface area contributed by atoms with Gasteiger partial charge in [0.15, 0.2) is 5.13 Å². The molecule has 2 aromatic heterocycles. The lowest BCUT2D eigenvalue weighted by molar-refractivity contribution is 0.102. The van der Waals surface area contributed by atoms with E-state index in [0.29, 0.717) is 18.3 Å². The molecular weight excluding hydrogens is 398 g/mol. The van der Waals surface area contributed by atoms with Gasteiger partial charge in [-0.1, -0.05) is 41.2 Å². The molecule has 0 saturated carbocycles. The second-order valence-electron chi connectivity index (χ2n) is 6.88. The number of nitrogens with zero attached hydrogens (tertiary/aromatic N) is 2. The largest absolute Gasteiger partial charge is 0.494 e. The van der Waals surface area contributed by atoms with Gasteiger partial charge in [0.2, 0.25) is 0 Å². The van der Waals surface area contributed by atoms with Crippen molar-refractivity contribution in [3.8, 4) is 5.75 Å². The molecule has 0 aliphatic rings.